The Balaban J connectivity index is 1.65. The standard InChI is InChI=1S/C25H24N2O7S/c1-16-8-9-17(25(29)33-3)14-20(16)26-24(28)23-15-27(21-6-4-5-7-22(21)34-23)35(30,31)19-12-10-18(32-2)11-13-19/h4-14,23H,15H2,1-3H3,(H,26,28)/t23-/m0/s1. The molecule has 3 aromatic rings. The lowest BCUT2D eigenvalue weighted by molar-refractivity contribution is -0.122. The molecule has 0 unspecified atom stereocenters. The molecular weight excluding hydrogens is 472 g/mol. The first-order valence-corrected chi connectivity index (χ1v) is 12.1. The predicted molar refractivity (Wildman–Crippen MR) is 130 cm³/mol. The molecule has 0 bridgehead atoms. The molecule has 3 aromatic carbocycles. The van der Waals surface area contributed by atoms with E-state index in [0.29, 0.717) is 22.7 Å². The van der Waals surface area contributed by atoms with Gasteiger partial charge in [-0.3, -0.25) is 9.10 Å². The molecule has 1 aliphatic heterocycles. The molecule has 1 heterocycles. The van der Waals surface area contributed by atoms with Crippen molar-refractivity contribution in [1.82, 2.24) is 0 Å². The fraction of sp³-hybridized carbons (Fsp3) is 0.200. The average Bonchev–Trinajstić information content (AvgIpc) is 2.88. The van der Waals surface area contributed by atoms with Crippen LogP contribution in [0.2, 0.25) is 0 Å². The Hall–Kier alpha value is -4.05. The summed E-state index contributed by atoms with van der Waals surface area (Å²) in [4.78, 5) is 25.1. The van der Waals surface area contributed by atoms with Gasteiger partial charge in [-0.05, 0) is 61.0 Å². The Labute approximate surface area is 203 Å². The van der Waals surface area contributed by atoms with Gasteiger partial charge in [0.1, 0.15) is 11.5 Å². The van der Waals surface area contributed by atoms with Crippen molar-refractivity contribution in [3.05, 3.63) is 77.9 Å². The predicted octanol–water partition coefficient (Wildman–Crippen LogP) is 3.39. The number of para-hydroxylation sites is 2. The summed E-state index contributed by atoms with van der Waals surface area (Å²) in [6.07, 6.45) is -1.14. The number of nitrogens with zero attached hydrogens (tertiary/aromatic N) is 1. The van der Waals surface area contributed by atoms with Gasteiger partial charge in [0.2, 0.25) is 0 Å². The minimum atomic E-state index is -4.01. The van der Waals surface area contributed by atoms with Crippen LogP contribution in [0.25, 0.3) is 0 Å². The normalized spacial score (nSPS) is 14.9. The number of anilines is 2. The van der Waals surface area contributed by atoms with Crippen molar-refractivity contribution >= 4 is 33.3 Å². The van der Waals surface area contributed by atoms with Gasteiger partial charge in [-0.15, -0.1) is 0 Å². The molecule has 1 aliphatic rings. The minimum Gasteiger partial charge on any atom is -0.497 e. The Kier molecular flexibility index (Phi) is 6.65. The quantitative estimate of drug-likeness (QED) is 0.521. The molecule has 0 aromatic heterocycles. The number of fused-ring (bicyclic) bond motifs is 1. The molecule has 0 saturated carbocycles. The maximum absolute atomic E-state index is 13.5. The molecule has 0 saturated heterocycles. The lowest BCUT2D eigenvalue weighted by Gasteiger charge is -2.34. The zero-order valence-corrected chi connectivity index (χ0v) is 20.2. The van der Waals surface area contributed by atoms with Gasteiger partial charge >= 0.3 is 5.97 Å². The second-order valence-corrected chi connectivity index (χ2v) is 9.66. The van der Waals surface area contributed by atoms with Crippen LogP contribution in [0.15, 0.2) is 71.6 Å². The monoisotopic (exact) mass is 496 g/mol. The van der Waals surface area contributed by atoms with Gasteiger partial charge in [0.25, 0.3) is 15.9 Å². The van der Waals surface area contributed by atoms with Gasteiger partial charge in [-0.25, -0.2) is 13.2 Å². The minimum absolute atomic E-state index is 0.0517. The molecule has 1 atom stereocenters. The van der Waals surface area contributed by atoms with E-state index < -0.39 is 28.0 Å². The largest absolute Gasteiger partial charge is 0.497 e. The summed E-state index contributed by atoms with van der Waals surface area (Å²) in [6.45, 7) is 1.53. The average molecular weight is 497 g/mol. The van der Waals surface area contributed by atoms with Gasteiger partial charge in [0, 0.05) is 5.69 Å². The van der Waals surface area contributed by atoms with Crippen molar-refractivity contribution in [1.29, 1.82) is 0 Å². The van der Waals surface area contributed by atoms with Crippen LogP contribution in [0.4, 0.5) is 11.4 Å². The van der Waals surface area contributed by atoms with Gasteiger partial charge in [0.05, 0.1) is 36.9 Å². The molecule has 4 rings (SSSR count). The highest BCUT2D eigenvalue weighted by Crippen LogP contribution is 2.37. The van der Waals surface area contributed by atoms with Crippen molar-refractivity contribution in [3.63, 3.8) is 0 Å². The molecule has 0 spiro atoms. The number of methoxy groups -OCH3 is 2. The zero-order chi connectivity index (χ0) is 25.2. The molecule has 0 aliphatic carbocycles. The highest BCUT2D eigenvalue weighted by molar-refractivity contribution is 7.92. The molecule has 1 amide bonds. The van der Waals surface area contributed by atoms with E-state index in [1.807, 2.05) is 0 Å². The van der Waals surface area contributed by atoms with Crippen molar-refractivity contribution in [3.8, 4) is 11.5 Å². The van der Waals surface area contributed by atoms with Crippen molar-refractivity contribution in [2.45, 2.75) is 17.9 Å². The first kappa shape index (κ1) is 24.1. The van der Waals surface area contributed by atoms with Crippen LogP contribution in [0.3, 0.4) is 0 Å². The summed E-state index contributed by atoms with van der Waals surface area (Å²) in [6, 6.07) is 17.4. The number of carbonyl (C=O) groups is 2. The SMILES string of the molecule is COC(=O)c1ccc(C)c(NC(=O)[C@@H]2CN(S(=O)(=O)c3ccc(OC)cc3)c3ccccc3O2)c1. The van der Waals surface area contributed by atoms with Crippen LogP contribution in [-0.4, -0.2) is 47.2 Å². The Morgan fingerprint density at radius 1 is 1.03 bits per heavy atom. The summed E-state index contributed by atoms with van der Waals surface area (Å²) >= 11 is 0. The van der Waals surface area contributed by atoms with E-state index in [0.717, 1.165) is 4.31 Å². The number of hydrogen-bond donors (Lipinski definition) is 1. The number of sulfonamides is 1. The maximum atomic E-state index is 13.5. The topological polar surface area (TPSA) is 111 Å². The van der Waals surface area contributed by atoms with E-state index in [2.05, 4.69) is 5.32 Å². The summed E-state index contributed by atoms with van der Waals surface area (Å²) in [5.41, 5.74) is 1.71. The summed E-state index contributed by atoms with van der Waals surface area (Å²) < 4.78 is 44.0. The zero-order valence-electron chi connectivity index (χ0n) is 19.3. The van der Waals surface area contributed by atoms with E-state index in [9.17, 15) is 18.0 Å². The Bertz CT molecular complexity index is 1370. The maximum Gasteiger partial charge on any atom is 0.337 e. The third-order valence-electron chi connectivity index (χ3n) is 5.59. The third-order valence-corrected chi connectivity index (χ3v) is 7.39. The molecule has 0 fully saturated rings. The van der Waals surface area contributed by atoms with Crippen LogP contribution >= 0.6 is 0 Å². The number of nitrogens with one attached hydrogen (secondary N) is 1. The van der Waals surface area contributed by atoms with E-state index in [-0.39, 0.29) is 22.8 Å². The van der Waals surface area contributed by atoms with Crippen molar-refractivity contribution in [2.24, 2.45) is 0 Å². The summed E-state index contributed by atoms with van der Waals surface area (Å²) in [5.74, 6) is -0.316. The van der Waals surface area contributed by atoms with E-state index >= 15 is 0 Å². The second kappa shape index (κ2) is 9.67. The number of carbonyl (C=O) groups excluding carboxylic acids is 2. The number of esters is 1. The van der Waals surface area contributed by atoms with E-state index in [4.69, 9.17) is 14.2 Å². The van der Waals surface area contributed by atoms with E-state index in [1.165, 1.54) is 32.4 Å². The molecule has 0 radical (unpaired) electrons. The summed E-state index contributed by atoms with van der Waals surface area (Å²) in [7, 11) is -1.25. The number of rotatable bonds is 6. The lowest BCUT2D eigenvalue weighted by Crippen LogP contribution is -2.48. The van der Waals surface area contributed by atoms with Gasteiger partial charge in [-0.1, -0.05) is 18.2 Å². The van der Waals surface area contributed by atoms with E-state index in [1.54, 1.807) is 55.5 Å². The third kappa shape index (κ3) is 4.78. The van der Waals surface area contributed by atoms with Crippen LogP contribution in [0.1, 0.15) is 15.9 Å². The fourth-order valence-corrected chi connectivity index (χ4v) is 5.13. The van der Waals surface area contributed by atoms with Crippen LogP contribution in [0.5, 0.6) is 11.5 Å². The Morgan fingerprint density at radius 2 is 1.74 bits per heavy atom. The molecule has 1 N–H and O–H groups in total. The molecular formula is C25H24N2O7S. The first-order valence-electron chi connectivity index (χ1n) is 10.7. The number of ether oxygens (including phenoxy) is 3. The molecule has 9 nitrogen and oxygen atoms in total. The smallest absolute Gasteiger partial charge is 0.337 e. The van der Waals surface area contributed by atoms with Gasteiger partial charge in [0.15, 0.2) is 6.10 Å². The fourth-order valence-electron chi connectivity index (χ4n) is 3.66. The summed E-state index contributed by atoms with van der Waals surface area (Å²) in [5, 5.41) is 2.75. The van der Waals surface area contributed by atoms with Gasteiger partial charge in [-0.2, -0.15) is 0 Å². The highest BCUT2D eigenvalue weighted by atomic mass is 32.2. The van der Waals surface area contributed by atoms with Crippen LogP contribution < -0.4 is 19.1 Å². The van der Waals surface area contributed by atoms with Crippen molar-refractivity contribution < 1.29 is 32.2 Å². The van der Waals surface area contributed by atoms with Crippen LogP contribution in [0, 0.1) is 6.92 Å². The number of amides is 1. The van der Waals surface area contributed by atoms with Crippen LogP contribution in [-0.2, 0) is 19.6 Å². The number of aryl methyl sites for hydroxylation is 1. The Morgan fingerprint density at radius 3 is 2.43 bits per heavy atom. The van der Waals surface area contributed by atoms with Crippen molar-refractivity contribution in [2.75, 3.05) is 30.4 Å². The lowest BCUT2D eigenvalue weighted by atomic mass is 10.1. The number of hydrogen-bond acceptors (Lipinski definition) is 7. The highest BCUT2D eigenvalue weighted by Gasteiger charge is 2.37. The second-order valence-electron chi connectivity index (χ2n) is 7.80. The molecule has 182 valence electrons. The first-order chi connectivity index (χ1) is 16.7. The molecule has 10 heteroatoms. The number of benzene rings is 3. The molecule has 35 heavy (non-hydrogen) atoms. The van der Waals surface area contributed by atoms with Gasteiger partial charge < -0.3 is 19.5 Å².